The topological polar surface area (TPSA) is 64.1 Å². The van der Waals surface area contributed by atoms with Gasteiger partial charge in [0.25, 0.3) is 0 Å². The molecule has 0 saturated heterocycles. The average molecular weight is 269 g/mol. The zero-order chi connectivity index (χ0) is 13.9. The highest BCUT2D eigenvalue weighted by Gasteiger charge is 2.19. The summed E-state index contributed by atoms with van der Waals surface area (Å²) >= 11 is 0. The molecule has 1 aliphatic carbocycles. The predicted molar refractivity (Wildman–Crippen MR) is 75.6 cm³/mol. The number of hydrogen-bond acceptors (Lipinski definition) is 5. The maximum atomic E-state index is 11.7. The summed E-state index contributed by atoms with van der Waals surface area (Å²) in [5.74, 6) is 1.46. The van der Waals surface area contributed by atoms with E-state index in [1.54, 1.807) is 13.3 Å². The molecule has 1 heterocycles. The molecule has 2 aromatic rings. The van der Waals surface area contributed by atoms with Gasteiger partial charge in [-0.15, -0.1) is 0 Å². The first-order chi connectivity index (χ1) is 9.76. The highest BCUT2D eigenvalue weighted by Crippen LogP contribution is 2.22. The summed E-state index contributed by atoms with van der Waals surface area (Å²) < 4.78 is 5.11. The van der Waals surface area contributed by atoms with Crippen LogP contribution in [-0.2, 0) is 6.42 Å². The number of methoxy groups -OCH3 is 1. The molecular weight excluding hydrogens is 254 g/mol. The van der Waals surface area contributed by atoms with E-state index < -0.39 is 0 Å². The number of benzene rings is 1. The van der Waals surface area contributed by atoms with Crippen LogP contribution >= 0.6 is 0 Å². The van der Waals surface area contributed by atoms with E-state index in [1.807, 2.05) is 24.3 Å². The molecule has 0 fully saturated rings. The normalized spacial score (nSPS) is 13.8. The largest absolute Gasteiger partial charge is 0.497 e. The first kappa shape index (κ1) is 12.6. The summed E-state index contributed by atoms with van der Waals surface area (Å²) in [4.78, 5) is 20.3. The first-order valence-corrected chi connectivity index (χ1v) is 6.56. The summed E-state index contributed by atoms with van der Waals surface area (Å²) in [5, 5.41) is 3.13. The maximum absolute atomic E-state index is 11.7. The van der Waals surface area contributed by atoms with Crippen molar-refractivity contribution >= 4 is 17.4 Å². The molecule has 0 atom stereocenters. The highest BCUT2D eigenvalue weighted by molar-refractivity contribution is 5.97. The Bertz CT molecular complexity index is 638. The van der Waals surface area contributed by atoms with Crippen LogP contribution in [0.1, 0.15) is 28.9 Å². The van der Waals surface area contributed by atoms with Gasteiger partial charge in [-0.25, -0.2) is 9.97 Å². The molecule has 5 heteroatoms. The minimum absolute atomic E-state index is 0.141. The average Bonchev–Trinajstić information content (AvgIpc) is 2.48. The van der Waals surface area contributed by atoms with Crippen LogP contribution in [0.3, 0.4) is 0 Å². The number of hydrogen-bond donors (Lipinski definition) is 1. The van der Waals surface area contributed by atoms with Gasteiger partial charge in [0, 0.05) is 18.3 Å². The van der Waals surface area contributed by atoms with Gasteiger partial charge in [0.15, 0.2) is 5.78 Å². The molecule has 0 bridgehead atoms. The van der Waals surface area contributed by atoms with Crippen molar-refractivity contribution in [3.05, 3.63) is 41.7 Å². The van der Waals surface area contributed by atoms with Crippen molar-refractivity contribution in [3.63, 3.8) is 0 Å². The van der Waals surface area contributed by atoms with Crippen LogP contribution in [0.15, 0.2) is 30.5 Å². The lowest BCUT2D eigenvalue weighted by molar-refractivity contribution is 0.0971. The third-order valence-electron chi connectivity index (χ3n) is 3.33. The Hall–Kier alpha value is -2.43. The third-order valence-corrected chi connectivity index (χ3v) is 3.33. The zero-order valence-corrected chi connectivity index (χ0v) is 11.2. The Kier molecular flexibility index (Phi) is 3.33. The summed E-state index contributed by atoms with van der Waals surface area (Å²) in [6.07, 6.45) is 3.92. The van der Waals surface area contributed by atoms with Crippen LogP contribution in [0.25, 0.3) is 0 Å². The van der Waals surface area contributed by atoms with Crippen LogP contribution in [-0.4, -0.2) is 22.9 Å². The molecule has 1 aromatic heterocycles. The van der Waals surface area contributed by atoms with Gasteiger partial charge in [0.1, 0.15) is 5.75 Å². The second-order valence-corrected chi connectivity index (χ2v) is 4.68. The van der Waals surface area contributed by atoms with E-state index in [4.69, 9.17) is 4.74 Å². The summed E-state index contributed by atoms with van der Waals surface area (Å²) in [6.45, 7) is 0. The van der Waals surface area contributed by atoms with Gasteiger partial charge in [-0.05, 0) is 37.1 Å². The van der Waals surface area contributed by atoms with Gasteiger partial charge in [-0.3, -0.25) is 4.79 Å². The van der Waals surface area contributed by atoms with E-state index >= 15 is 0 Å². The Balaban J connectivity index is 1.82. The van der Waals surface area contributed by atoms with Crippen molar-refractivity contribution in [2.45, 2.75) is 19.3 Å². The van der Waals surface area contributed by atoms with Crippen molar-refractivity contribution in [2.24, 2.45) is 0 Å². The van der Waals surface area contributed by atoms with E-state index in [-0.39, 0.29) is 5.78 Å². The molecule has 5 nitrogen and oxygen atoms in total. The van der Waals surface area contributed by atoms with E-state index in [0.29, 0.717) is 17.9 Å². The van der Waals surface area contributed by atoms with Crippen molar-refractivity contribution < 1.29 is 9.53 Å². The number of ether oxygens (including phenoxy) is 1. The number of rotatable bonds is 3. The number of Topliss-reactive ketones (excluding diaryl/α,β-unsaturated/α-hetero) is 1. The van der Waals surface area contributed by atoms with Crippen molar-refractivity contribution in [1.82, 2.24) is 9.97 Å². The van der Waals surface area contributed by atoms with Crippen LogP contribution in [0.5, 0.6) is 5.75 Å². The van der Waals surface area contributed by atoms with E-state index in [2.05, 4.69) is 15.3 Å². The molecule has 20 heavy (non-hydrogen) atoms. The fourth-order valence-electron chi connectivity index (χ4n) is 2.26. The standard InChI is InChI=1S/C15H15N3O2/c1-20-11-7-5-10(6-8-11)17-15-16-9-12-13(18-15)3-2-4-14(12)19/h5-9H,2-4H2,1H3,(H,16,17,18). The quantitative estimate of drug-likeness (QED) is 0.928. The first-order valence-electron chi connectivity index (χ1n) is 6.56. The third kappa shape index (κ3) is 2.47. The lowest BCUT2D eigenvalue weighted by Crippen LogP contribution is -2.14. The molecule has 0 spiro atoms. The predicted octanol–water partition coefficient (Wildman–Crippen LogP) is 2.75. The van der Waals surface area contributed by atoms with Gasteiger partial charge < -0.3 is 10.1 Å². The minimum atomic E-state index is 0.141. The molecular formula is C15H15N3O2. The summed E-state index contributed by atoms with van der Waals surface area (Å²) in [7, 11) is 1.63. The second-order valence-electron chi connectivity index (χ2n) is 4.68. The zero-order valence-electron chi connectivity index (χ0n) is 11.2. The molecule has 1 N–H and O–H groups in total. The fraction of sp³-hybridized carbons (Fsp3) is 0.267. The van der Waals surface area contributed by atoms with E-state index in [9.17, 15) is 4.79 Å². The van der Waals surface area contributed by atoms with Crippen molar-refractivity contribution in [3.8, 4) is 5.75 Å². The molecule has 0 amide bonds. The van der Waals surface area contributed by atoms with Crippen LogP contribution in [0.4, 0.5) is 11.6 Å². The Morgan fingerprint density at radius 2 is 2.00 bits per heavy atom. The Morgan fingerprint density at radius 1 is 1.20 bits per heavy atom. The SMILES string of the molecule is COc1ccc(Nc2ncc3c(n2)CCCC3=O)cc1. The minimum Gasteiger partial charge on any atom is -0.497 e. The van der Waals surface area contributed by atoms with E-state index in [0.717, 1.165) is 30.0 Å². The second kappa shape index (κ2) is 5.28. The van der Waals surface area contributed by atoms with Crippen LogP contribution in [0, 0.1) is 0 Å². The Labute approximate surface area is 117 Å². The number of nitrogens with one attached hydrogen (secondary N) is 1. The molecule has 0 saturated carbocycles. The van der Waals surface area contributed by atoms with Crippen LogP contribution < -0.4 is 10.1 Å². The van der Waals surface area contributed by atoms with Crippen molar-refractivity contribution in [1.29, 1.82) is 0 Å². The maximum Gasteiger partial charge on any atom is 0.227 e. The summed E-state index contributed by atoms with van der Waals surface area (Å²) in [5.41, 5.74) is 2.39. The number of carbonyl (C=O) groups excluding carboxylic acids is 1. The number of carbonyl (C=O) groups is 1. The van der Waals surface area contributed by atoms with Gasteiger partial charge in [0.2, 0.25) is 5.95 Å². The number of nitrogens with zero attached hydrogens (tertiary/aromatic N) is 2. The van der Waals surface area contributed by atoms with Gasteiger partial charge in [0.05, 0.1) is 18.4 Å². The monoisotopic (exact) mass is 269 g/mol. The molecule has 0 radical (unpaired) electrons. The van der Waals surface area contributed by atoms with Gasteiger partial charge >= 0.3 is 0 Å². The molecule has 0 unspecified atom stereocenters. The number of fused-ring (bicyclic) bond motifs is 1. The molecule has 1 aromatic carbocycles. The van der Waals surface area contributed by atoms with Gasteiger partial charge in [-0.1, -0.05) is 0 Å². The molecule has 3 rings (SSSR count). The van der Waals surface area contributed by atoms with Crippen LogP contribution in [0.2, 0.25) is 0 Å². The Morgan fingerprint density at radius 3 is 2.75 bits per heavy atom. The van der Waals surface area contributed by atoms with Crippen molar-refractivity contribution in [2.75, 3.05) is 12.4 Å². The smallest absolute Gasteiger partial charge is 0.227 e. The lowest BCUT2D eigenvalue weighted by atomic mass is 9.96. The number of anilines is 2. The number of ketones is 1. The fourth-order valence-corrected chi connectivity index (χ4v) is 2.26. The molecule has 102 valence electrons. The number of aryl methyl sites for hydroxylation is 1. The summed E-state index contributed by atoms with van der Waals surface area (Å²) in [6, 6.07) is 7.52. The lowest BCUT2D eigenvalue weighted by Gasteiger charge is -2.14. The molecule has 1 aliphatic rings. The molecule has 0 aliphatic heterocycles. The number of aromatic nitrogens is 2. The van der Waals surface area contributed by atoms with Gasteiger partial charge in [-0.2, -0.15) is 0 Å². The van der Waals surface area contributed by atoms with E-state index in [1.165, 1.54) is 0 Å². The highest BCUT2D eigenvalue weighted by atomic mass is 16.5.